The maximum Gasteiger partial charge on any atom is 0.326 e. The zero-order valence-corrected chi connectivity index (χ0v) is 14.0. The molecule has 2 fully saturated rings. The van der Waals surface area contributed by atoms with Gasteiger partial charge in [-0.3, -0.25) is 10.1 Å². The van der Waals surface area contributed by atoms with Gasteiger partial charge in [-0.15, -0.1) is 0 Å². The van der Waals surface area contributed by atoms with Crippen LogP contribution >= 0.6 is 0 Å². The van der Waals surface area contributed by atoms with E-state index in [0.29, 0.717) is 12.6 Å². The lowest BCUT2D eigenvalue weighted by Crippen LogP contribution is -2.53. The predicted molar refractivity (Wildman–Crippen MR) is 85.3 cm³/mol. The van der Waals surface area contributed by atoms with Gasteiger partial charge in [0.15, 0.2) is 0 Å². The quantitative estimate of drug-likeness (QED) is 0.699. The Hall–Kier alpha value is -0.610. The molecule has 21 heavy (non-hydrogen) atoms. The van der Waals surface area contributed by atoms with E-state index in [4.69, 9.17) is 4.74 Å². The number of piperidine rings is 1. The largest absolute Gasteiger partial charge is 0.465 e. The van der Waals surface area contributed by atoms with Crippen molar-refractivity contribution >= 4 is 5.97 Å². The minimum Gasteiger partial charge on any atom is -0.465 e. The van der Waals surface area contributed by atoms with E-state index in [0.717, 1.165) is 18.9 Å². The van der Waals surface area contributed by atoms with Crippen LogP contribution in [0.5, 0.6) is 0 Å². The molecule has 1 atom stereocenters. The molecule has 0 aromatic carbocycles. The van der Waals surface area contributed by atoms with E-state index in [2.05, 4.69) is 17.1 Å². The minimum absolute atomic E-state index is 0.0830. The molecule has 1 saturated heterocycles. The molecule has 0 spiro atoms. The highest BCUT2D eigenvalue weighted by Crippen LogP contribution is 2.26. The third-order valence-electron chi connectivity index (χ3n) is 5.04. The van der Waals surface area contributed by atoms with Crippen molar-refractivity contribution in [2.24, 2.45) is 5.92 Å². The Labute approximate surface area is 129 Å². The minimum atomic E-state index is -0.515. The highest BCUT2D eigenvalue weighted by molar-refractivity contribution is 5.80. The Morgan fingerprint density at radius 1 is 1.24 bits per heavy atom. The van der Waals surface area contributed by atoms with Crippen LogP contribution in [0, 0.1) is 5.92 Å². The van der Waals surface area contributed by atoms with Gasteiger partial charge in [-0.2, -0.15) is 0 Å². The molecule has 122 valence electrons. The SMILES string of the molecule is CCOC(=O)C(C)(CCN1CCC(CC)CC1)NC1CC1. The molecule has 2 rings (SSSR count). The Bertz CT molecular complexity index is 336. The molecule has 1 saturated carbocycles. The van der Waals surface area contributed by atoms with Crippen molar-refractivity contribution in [3.63, 3.8) is 0 Å². The molecule has 0 bridgehead atoms. The number of ether oxygens (including phenoxy) is 1. The molecular weight excluding hydrogens is 264 g/mol. The van der Waals surface area contributed by atoms with Gasteiger partial charge in [-0.1, -0.05) is 13.3 Å². The summed E-state index contributed by atoms with van der Waals surface area (Å²) in [5.74, 6) is 0.822. The van der Waals surface area contributed by atoms with E-state index >= 15 is 0 Å². The Morgan fingerprint density at radius 3 is 2.43 bits per heavy atom. The van der Waals surface area contributed by atoms with Gasteiger partial charge in [0, 0.05) is 12.6 Å². The van der Waals surface area contributed by atoms with E-state index in [1.54, 1.807) is 0 Å². The monoisotopic (exact) mass is 296 g/mol. The molecule has 4 heteroatoms. The standard InChI is InChI=1S/C17H32N2O2/c1-4-14-8-11-19(12-9-14)13-10-17(3,16(20)21-5-2)18-15-6-7-15/h14-15,18H,4-13H2,1-3H3. The third-order valence-corrected chi connectivity index (χ3v) is 5.04. The normalized spacial score (nSPS) is 23.8. The van der Waals surface area contributed by atoms with Gasteiger partial charge >= 0.3 is 5.97 Å². The molecule has 0 amide bonds. The number of nitrogens with one attached hydrogen (secondary N) is 1. The number of rotatable bonds is 8. The summed E-state index contributed by atoms with van der Waals surface area (Å²) in [5.41, 5.74) is -0.515. The summed E-state index contributed by atoms with van der Waals surface area (Å²) >= 11 is 0. The number of hydrogen-bond donors (Lipinski definition) is 1. The summed E-state index contributed by atoms with van der Waals surface area (Å²) < 4.78 is 5.29. The van der Waals surface area contributed by atoms with Crippen molar-refractivity contribution in [1.82, 2.24) is 10.2 Å². The Morgan fingerprint density at radius 2 is 1.90 bits per heavy atom. The molecule has 1 aliphatic carbocycles. The molecule has 2 aliphatic rings. The summed E-state index contributed by atoms with van der Waals surface area (Å²) in [7, 11) is 0. The third kappa shape index (κ3) is 4.96. The van der Waals surface area contributed by atoms with Gasteiger partial charge in [0.1, 0.15) is 5.54 Å². The maximum atomic E-state index is 12.3. The number of carbonyl (C=O) groups excluding carboxylic acids is 1. The lowest BCUT2D eigenvalue weighted by atomic mass is 9.92. The first-order valence-electron chi connectivity index (χ1n) is 8.74. The first-order valence-corrected chi connectivity index (χ1v) is 8.74. The Kier molecular flexibility index (Phi) is 6.06. The van der Waals surface area contributed by atoms with Crippen molar-refractivity contribution in [2.75, 3.05) is 26.2 Å². The summed E-state index contributed by atoms with van der Waals surface area (Å²) in [5, 5.41) is 3.51. The van der Waals surface area contributed by atoms with E-state index in [-0.39, 0.29) is 5.97 Å². The van der Waals surface area contributed by atoms with E-state index < -0.39 is 5.54 Å². The summed E-state index contributed by atoms with van der Waals surface area (Å²) in [6.45, 7) is 10.0. The van der Waals surface area contributed by atoms with Crippen LogP contribution in [-0.4, -0.2) is 48.7 Å². The average Bonchev–Trinajstić information content (AvgIpc) is 3.30. The zero-order chi connectivity index (χ0) is 15.3. The van der Waals surface area contributed by atoms with Crippen molar-refractivity contribution in [3.05, 3.63) is 0 Å². The fourth-order valence-corrected chi connectivity index (χ4v) is 3.20. The number of carbonyl (C=O) groups is 1. The number of hydrogen-bond acceptors (Lipinski definition) is 4. The molecule has 1 aliphatic heterocycles. The van der Waals surface area contributed by atoms with E-state index in [1.807, 2.05) is 13.8 Å². The molecule has 0 aromatic rings. The van der Waals surface area contributed by atoms with Crippen molar-refractivity contribution in [1.29, 1.82) is 0 Å². The van der Waals surface area contributed by atoms with Crippen LogP contribution in [0.4, 0.5) is 0 Å². The topological polar surface area (TPSA) is 41.6 Å². The van der Waals surface area contributed by atoms with Gasteiger partial charge in [-0.25, -0.2) is 0 Å². The highest BCUT2D eigenvalue weighted by Gasteiger charge is 2.39. The maximum absolute atomic E-state index is 12.3. The van der Waals surface area contributed by atoms with Gasteiger partial charge in [0.25, 0.3) is 0 Å². The molecule has 1 unspecified atom stereocenters. The summed E-state index contributed by atoms with van der Waals surface area (Å²) in [4.78, 5) is 14.8. The second-order valence-electron chi connectivity index (χ2n) is 6.91. The number of esters is 1. The fourth-order valence-electron chi connectivity index (χ4n) is 3.20. The van der Waals surface area contributed by atoms with Crippen molar-refractivity contribution in [2.45, 2.75) is 70.9 Å². The Balaban J connectivity index is 1.82. The molecular formula is C17H32N2O2. The number of nitrogens with zero attached hydrogens (tertiary/aromatic N) is 1. The molecule has 4 nitrogen and oxygen atoms in total. The van der Waals surface area contributed by atoms with Crippen LogP contribution in [0.2, 0.25) is 0 Å². The summed E-state index contributed by atoms with van der Waals surface area (Å²) in [6, 6.07) is 0.519. The van der Waals surface area contributed by atoms with Crippen molar-refractivity contribution < 1.29 is 9.53 Å². The van der Waals surface area contributed by atoms with Crippen LogP contribution in [-0.2, 0) is 9.53 Å². The average molecular weight is 296 g/mol. The van der Waals surface area contributed by atoms with Crippen molar-refractivity contribution in [3.8, 4) is 0 Å². The zero-order valence-electron chi connectivity index (χ0n) is 14.0. The number of likely N-dealkylation sites (tertiary alicyclic amines) is 1. The fraction of sp³-hybridized carbons (Fsp3) is 0.941. The van der Waals surface area contributed by atoms with Gasteiger partial charge in [0.2, 0.25) is 0 Å². The van der Waals surface area contributed by atoms with Gasteiger partial charge < -0.3 is 9.64 Å². The highest BCUT2D eigenvalue weighted by atomic mass is 16.5. The first kappa shape index (κ1) is 16.8. The van der Waals surface area contributed by atoms with Crippen LogP contribution < -0.4 is 5.32 Å². The lowest BCUT2D eigenvalue weighted by molar-refractivity contribution is -0.151. The van der Waals surface area contributed by atoms with Crippen LogP contribution in [0.3, 0.4) is 0 Å². The second kappa shape index (κ2) is 7.59. The molecule has 1 heterocycles. The van der Waals surface area contributed by atoms with Gasteiger partial charge in [0.05, 0.1) is 6.61 Å². The molecule has 1 N–H and O–H groups in total. The van der Waals surface area contributed by atoms with Gasteiger partial charge in [-0.05, 0) is 65.0 Å². The van der Waals surface area contributed by atoms with E-state index in [1.165, 1.54) is 45.2 Å². The molecule has 0 aromatic heterocycles. The summed E-state index contributed by atoms with van der Waals surface area (Å²) in [6.07, 6.45) is 7.15. The lowest BCUT2D eigenvalue weighted by Gasteiger charge is -2.35. The van der Waals surface area contributed by atoms with Crippen LogP contribution in [0.25, 0.3) is 0 Å². The smallest absolute Gasteiger partial charge is 0.326 e. The molecule has 0 radical (unpaired) electrons. The van der Waals surface area contributed by atoms with E-state index in [9.17, 15) is 4.79 Å². The second-order valence-corrected chi connectivity index (χ2v) is 6.91. The predicted octanol–water partition coefficient (Wildman–Crippen LogP) is 2.57. The van der Waals surface area contributed by atoms with Crippen LogP contribution in [0.1, 0.15) is 59.3 Å². The first-order chi connectivity index (χ1) is 10.1. The van der Waals surface area contributed by atoms with Crippen LogP contribution in [0.15, 0.2) is 0 Å².